The molecule has 2 heterocycles. The molecule has 2 aromatic carbocycles. The molecule has 0 aliphatic carbocycles. The highest BCUT2D eigenvalue weighted by molar-refractivity contribution is 14.2. The maximum absolute atomic E-state index is 13.2. The largest absolute Gasteiger partial charge is 0.306 e. The normalized spacial score (nSPS) is 18.2. The number of aromatic nitrogens is 2. The molecule has 1 unspecified atom stereocenters. The summed E-state index contributed by atoms with van der Waals surface area (Å²) in [4.78, 5) is 15.5. The van der Waals surface area contributed by atoms with Gasteiger partial charge in [0.05, 0.1) is 17.1 Å². The smallest absolute Gasteiger partial charge is 0.274 e. The lowest BCUT2D eigenvalue weighted by Crippen LogP contribution is -2.29. The van der Waals surface area contributed by atoms with Gasteiger partial charge in [0.15, 0.2) is 0 Å². The van der Waals surface area contributed by atoms with E-state index in [1.807, 2.05) is 24.3 Å². The summed E-state index contributed by atoms with van der Waals surface area (Å²) < 4.78 is 7.18. The van der Waals surface area contributed by atoms with Crippen LogP contribution in [0.25, 0.3) is 10.8 Å². The van der Waals surface area contributed by atoms with Crippen LogP contribution in [0.2, 0.25) is 0 Å². The first-order valence-corrected chi connectivity index (χ1v) is 12.4. The summed E-state index contributed by atoms with van der Waals surface area (Å²) in [6, 6.07) is 16.8. The second-order valence-corrected chi connectivity index (χ2v) is 9.58. The highest BCUT2D eigenvalue weighted by Gasteiger charge is 2.21. The summed E-state index contributed by atoms with van der Waals surface area (Å²) in [5.74, 6) is 0. The summed E-state index contributed by atoms with van der Waals surface area (Å²) in [5.41, 5.74) is 2.26. The first kappa shape index (κ1) is 19.5. The van der Waals surface area contributed by atoms with Crippen molar-refractivity contribution in [1.29, 1.82) is 0 Å². The minimum atomic E-state index is -0.133. The molecule has 0 bridgehead atoms. The molecule has 3 aromatic rings. The van der Waals surface area contributed by atoms with Crippen molar-refractivity contribution in [3.8, 4) is 0 Å². The van der Waals surface area contributed by atoms with E-state index in [-0.39, 0.29) is 32.3 Å². The van der Waals surface area contributed by atoms with Gasteiger partial charge in [0.2, 0.25) is 0 Å². The van der Waals surface area contributed by atoms with E-state index >= 15 is 0 Å². The molecule has 4 nitrogen and oxygen atoms in total. The van der Waals surface area contributed by atoms with Crippen molar-refractivity contribution in [3.63, 3.8) is 0 Å². The highest BCUT2D eigenvalue weighted by atomic mass is 127. The summed E-state index contributed by atoms with van der Waals surface area (Å²) in [7, 11) is 2.15. The Morgan fingerprint density at radius 1 is 1.07 bits per heavy atom. The zero-order valence-corrected chi connectivity index (χ0v) is 18.4. The minimum Gasteiger partial charge on any atom is -0.306 e. The van der Waals surface area contributed by atoms with Crippen molar-refractivity contribution >= 4 is 36.0 Å². The van der Waals surface area contributed by atoms with Crippen LogP contribution in [0.4, 0.5) is 0 Å². The zero-order valence-electron chi connectivity index (χ0n) is 16.3. The van der Waals surface area contributed by atoms with Crippen molar-refractivity contribution in [1.82, 2.24) is 14.7 Å². The summed E-state index contributed by atoms with van der Waals surface area (Å²) in [5, 5.41) is 6.67. The predicted octanol–water partition coefficient (Wildman–Crippen LogP) is 4.22. The second-order valence-electron chi connectivity index (χ2n) is 7.57. The van der Waals surface area contributed by atoms with Crippen LogP contribution >= 0.6 is 20.7 Å². The SMILES string of the molecule is C=Ic1ccc(Cc2nn(C3CCCN(C)CC3)c(=O)c3ccccc23)cc1. The molecule has 0 amide bonds. The molecule has 28 heavy (non-hydrogen) atoms. The fourth-order valence-electron chi connectivity index (χ4n) is 4.00. The van der Waals surface area contributed by atoms with Crippen molar-refractivity contribution in [2.75, 3.05) is 20.1 Å². The maximum Gasteiger partial charge on any atom is 0.274 e. The van der Waals surface area contributed by atoms with E-state index in [0.29, 0.717) is 0 Å². The third-order valence-corrected chi connectivity index (χ3v) is 7.21. The van der Waals surface area contributed by atoms with Crippen molar-refractivity contribution in [3.05, 3.63) is 73.7 Å². The molecule has 1 fully saturated rings. The summed E-state index contributed by atoms with van der Waals surface area (Å²) >= 11 is -0.133. The molecule has 4 rings (SSSR count). The Morgan fingerprint density at radius 2 is 1.82 bits per heavy atom. The van der Waals surface area contributed by atoms with E-state index in [1.54, 1.807) is 4.68 Å². The van der Waals surface area contributed by atoms with Gasteiger partial charge in [-0.1, -0.05) is 55.6 Å². The number of rotatable bonds is 4. The molecule has 1 atom stereocenters. The lowest BCUT2D eigenvalue weighted by Gasteiger charge is -2.19. The van der Waals surface area contributed by atoms with E-state index in [4.69, 9.17) is 5.10 Å². The lowest BCUT2D eigenvalue weighted by molar-refractivity contribution is 0.334. The number of hydrogen-bond donors (Lipinski definition) is 0. The van der Waals surface area contributed by atoms with Crippen LogP contribution in [0.3, 0.4) is 0 Å². The van der Waals surface area contributed by atoms with Gasteiger partial charge in [0.1, 0.15) is 0 Å². The van der Waals surface area contributed by atoms with Gasteiger partial charge in [-0.2, -0.15) is 5.10 Å². The average Bonchev–Trinajstić information content (AvgIpc) is 2.95. The molecular weight excluding hydrogens is 461 g/mol. The van der Waals surface area contributed by atoms with Gasteiger partial charge < -0.3 is 4.90 Å². The van der Waals surface area contributed by atoms with Crippen molar-refractivity contribution < 1.29 is 0 Å². The van der Waals surface area contributed by atoms with Crippen LogP contribution in [0.1, 0.15) is 36.6 Å². The lowest BCUT2D eigenvalue weighted by atomic mass is 10.0. The first-order valence-electron chi connectivity index (χ1n) is 9.82. The Bertz CT molecular complexity index is 1040. The van der Waals surface area contributed by atoms with Gasteiger partial charge in [-0.05, 0) is 63.2 Å². The molecule has 1 aromatic heterocycles. The van der Waals surface area contributed by atoms with Gasteiger partial charge in [-0.3, -0.25) is 4.79 Å². The Hall–Kier alpha value is -1.86. The highest BCUT2D eigenvalue weighted by Crippen LogP contribution is 2.23. The van der Waals surface area contributed by atoms with Gasteiger partial charge in [0.25, 0.3) is 5.56 Å². The van der Waals surface area contributed by atoms with E-state index in [0.717, 1.165) is 55.2 Å². The fourth-order valence-corrected chi connectivity index (χ4v) is 4.87. The summed E-state index contributed by atoms with van der Waals surface area (Å²) in [6.07, 6.45) is 3.83. The molecule has 0 spiro atoms. The molecule has 0 saturated carbocycles. The first-order chi connectivity index (χ1) is 13.7. The minimum absolute atomic E-state index is 0.0473. The Balaban J connectivity index is 1.77. The second kappa shape index (κ2) is 8.66. The Kier molecular flexibility index (Phi) is 6.01. The van der Waals surface area contributed by atoms with Crippen LogP contribution in [-0.4, -0.2) is 39.3 Å². The number of likely N-dealkylation sites (tertiary alicyclic amines) is 1. The molecule has 5 heteroatoms. The molecule has 1 aliphatic heterocycles. The fraction of sp³-hybridized carbons (Fsp3) is 0.348. The number of nitrogens with zero attached hydrogens (tertiary/aromatic N) is 3. The zero-order chi connectivity index (χ0) is 19.5. The third-order valence-electron chi connectivity index (χ3n) is 5.61. The Morgan fingerprint density at radius 3 is 2.57 bits per heavy atom. The number of hydrogen-bond acceptors (Lipinski definition) is 3. The van der Waals surface area contributed by atoms with Gasteiger partial charge in [-0.15, -0.1) is 0 Å². The predicted molar refractivity (Wildman–Crippen MR) is 125 cm³/mol. The molecule has 1 aliphatic rings. The molecular formula is C23H26IN3O. The maximum atomic E-state index is 13.2. The van der Waals surface area contributed by atoms with Gasteiger partial charge >= 0.3 is 0 Å². The van der Waals surface area contributed by atoms with Crippen LogP contribution in [0.15, 0.2) is 53.3 Å². The van der Waals surface area contributed by atoms with Crippen LogP contribution < -0.4 is 5.56 Å². The molecule has 146 valence electrons. The van der Waals surface area contributed by atoms with Crippen LogP contribution in [-0.2, 0) is 6.42 Å². The summed E-state index contributed by atoms with van der Waals surface area (Å²) in [6.45, 7) is 2.10. The number of benzene rings is 2. The molecule has 0 radical (unpaired) electrons. The number of halogens is 1. The third kappa shape index (κ3) is 4.10. The standard InChI is InChI=1S/C23H26IN3O/c1-24-18-11-9-17(10-12-18)16-22-20-7-3-4-8-21(20)23(28)27(25-22)19-6-5-14-26(2)15-13-19/h3-4,7-12,19H,1,5-6,13-16H2,2H3. The average molecular weight is 487 g/mol. The van der Waals surface area contributed by atoms with Crippen molar-refractivity contribution in [2.45, 2.75) is 31.7 Å². The van der Waals surface area contributed by atoms with Crippen LogP contribution in [0.5, 0.6) is 0 Å². The van der Waals surface area contributed by atoms with E-state index in [1.165, 1.54) is 9.13 Å². The van der Waals surface area contributed by atoms with E-state index in [2.05, 4.69) is 40.7 Å². The van der Waals surface area contributed by atoms with E-state index < -0.39 is 0 Å². The van der Waals surface area contributed by atoms with Crippen LogP contribution in [0, 0.1) is 3.57 Å². The number of fused-ring (bicyclic) bond motifs is 1. The van der Waals surface area contributed by atoms with Crippen molar-refractivity contribution in [2.24, 2.45) is 0 Å². The molecule has 1 saturated heterocycles. The molecule has 0 N–H and O–H groups in total. The van der Waals surface area contributed by atoms with Gasteiger partial charge in [0, 0.05) is 15.4 Å². The Labute approximate surface area is 175 Å². The van der Waals surface area contributed by atoms with E-state index in [9.17, 15) is 4.79 Å². The van der Waals surface area contributed by atoms with Gasteiger partial charge in [-0.25, -0.2) is 4.68 Å². The quantitative estimate of drug-likeness (QED) is 0.518. The topological polar surface area (TPSA) is 38.1 Å². The monoisotopic (exact) mass is 487 g/mol.